The number of pyridine rings is 1. The lowest BCUT2D eigenvalue weighted by atomic mass is 10.1. The molecule has 1 N–H and O–H groups in total. The normalized spacial score (nSPS) is 10.6. The zero-order valence-electron chi connectivity index (χ0n) is 12.9. The summed E-state index contributed by atoms with van der Waals surface area (Å²) in [5.41, 5.74) is 0.528. The molecule has 3 rings (SSSR count). The summed E-state index contributed by atoms with van der Waals surface area (Å²) in [6.45, 7) is 1.34. The van der Waals surface area contributed by atoms with Crippen LogP contribution in [0.4, 0.5) is 5.69 Å². The molecule has 24 heavy (non-hydrogen) atoms. The third-order valence-corrected chi connectivity index (χ3v) is 3.77. The number of halogens is 1. The number of aromatic nitrogens is 1. The Balaban J connectivity index is 2.23. The average molecular weight is 345 g/mol. The van der Waals surface area contributed by atoms with Gasteiger partial charge in [-0.15, -0.1) is 0 Å². The lowest BCUT2D eigenvalue weighted by Gasteiger charge is -2.10. The average Bonchev–Trinajstić information content (AvgIpc) is 2.99. The van der Waals surface area contributed by atoms with E-state index in [0.717, 1.165) is 10.8 Å². The molecule has 122 valence electrons. The minimum atomic E-state index is -0.704. The van der Waals surface area contributed by atoms with Crippen LogP contribution in [0.1, 0.15) is 17.4 Å². The van der Waals surface area contributed by atoms with Crippen molar-refractivity contribution in [2.24, 2.45) is 0 Å². The van der Waals surface area contributed by atoms with Crippen molar-refractivity contribution in [2.75, 3.05) is 12.4 Å². The van der Waals surface area contributed by atoms with Gasteiger partial charge < -0.3 is 14.5 Å². The van der Waals surface area contributed by atoms with Crippen LogP contribution in [-0.2, 0) is 9.53 Å². The molecule has 0 radical (unpaired) electrons. The van der Waals surface area contributed by atoms with Crippen LogP contribution in [0.15, 0.2) is 41.0 Å². The summed E-state index contributed by atoms with van der Waals surface area (Å²) in [7, 11) is 1.23. The molecule has 0 saturated heterocycles. The zero-order valence-corrected chi connectivity index (χ0v) is 13.7. The minimum absolute atomic E-state index is 0.0108. The van der Waals surface area contributed by atoms with Crippen LogP contribution < -0.4 is 5.32 Å². The van der Waals surface area contributed by atoms with Crippen LogP contribution in [-0.4, -0.2) is 24.0 Å². The maximum absolute atomic E-state index is 11.9. The second-order valence-corrected chi connectivity index (χ2v) is 5.42. The van der Waals surface area contributed by atoms with Gasteiger partial charge in [0.25, 0.3) is 0 Å². The van der Waals surface area contributed by atoms with Crippen LogP contribution in [0.5, 0.6) is 0 Å². The number of carbonyl (C=O) groups is 2. The van der Waals surface area contributed by atoms with E-state index in [2.05, 4.69) is 10.3 Å². The van der Waals surface area contributed by atoms with E-state index in [0.29, 0.717) is 11.5 Å². The van der Waals surface area contributed by atoms with Crippen LogP contribution in [0.3, 0.4) is 0 Å². The molecule has 1 aromatic carbocycles. The number of rotatable bonds is 3. The third-order valence-electron chi connectivity index (χ3n) is 3.39. The molecular formula is C17H13ClN2O4. The fourth-order valence-corrected chi connectivity index (χ4v) is 2.57. The van der Waals surface area contributed by atoms with Crippen LogP contribution in [0.2, 0.25) is 5.02 Å². The van der Waals surface area contributed by atoms with Gasteiger partial charge in [-0.05, 0) is 6.07 Å². The van der Waals surface area contributed by atoms with Gasteiger partial charge in [-0.3, -0.25) is 4.79 Å². The minimum Gasteiger partial charge on any atom is -0.464 e. The number of amides is 1. The number of anilines is 1. The molecule has 3 aromatic rings. The number of fused-ring (bicyclic) bond motifs is 1. The maximum Gasteiger partial charge on any atom is 0.358 e. The number of furan rings is 1. The van der Waals surface area contributed by atoms with E-state index < -0.39 is 5.97 Å². The topological polar surface area (TPSA) is 81.4 Å². The molecule has 0 spiro atoms. The first-order valence-electron chi connectivity index (χ1n) is 7.04. The fourth-order valence-electron chi connectivity index (χ4n) is 2.35. The molecule has 0 unspecified atom stereocenters. The lowest BCUT2D eigenvalue weighted by molar-refractivity contribution is -0.114. The van der Waals surface area contributed by atoms with Gasteiger partial charge in [-0.2, -0.15) is 0 Å². The Morgan fingerprint density at radius 2 is 2.04 bits per heavy atom. The molecule has 2 heterocycles. The van der Waals surface area contributed by atoms with Crippen molar-refractivity contribution < 1.29 is 18.7 Å². The highest BCUT2D eigenvalue weighted by Gasteiger charge is 2.21. The number of hydrogen-bond donors (Lipinski definition) is 1. The predicted octanol–water partition coefficient (Wildman–Crippen LogP) is 3.89. The largest absolute Gasteiger partial charge is 0.464 e. The summed E-state index contributed by atoms with van der Waals surface area (Å²) >= 11 is 6.17. The van der Waals surface area contributed by atoms with E-state index in [9.17, 15) is 9.59 Å². The molecule has 7 heteroatoms. The highest BCUT2D eigenvalue weighted by atomic mass is 35.5. The third kappa shape index (κ3) is 2.83. The molecule has 0 atom stereocenters. The number of benzene rings is 1. The van der Waals surface area contributed by atoms with E-state index in [1.165, 1.54) is 14.0 Å². The summed E-state index contributed by atoms with van der Waals surface area (Å²) in [5.74, 6) is -0.558. The standard InChI is InChI=1S/C17H13ClN2O4/c1-9(21)19-12-7-13(20-15(14(12)18)17(22)23-2)16-11-6-4-3-5-10(11)8-24-16/h3-8H,1-2H3,(H,19,20,21). The van der Waals surface area contributed by atoms with Crippen LogP contribution in [0, 0.1) is 0 Å². The predicted molar refractivity (Wildman–Crippen MR) is 90.1 cm³/mol. The second-order valence-electron chi connectivity index (χ2n) is 5.04. The Morgan fingerprint density at radius 3 is 2.75 bits per heavy atom. The van der Waals surface area contributed by atoms with Gasteiger partial charge in [0.05, 0.1) is 24.1 Å². The van der Waals surface area contributed by atoms with E-state index >= 15 is 0 Å². The van der Waals surface area contributed by atoms with Crippen molar-refractivity contribution in [1.82, 2.24) is 4.98 Å². The van der Waals surface area contributed by atoms with E-state index in [1.54, 1.807) is 12.3 Å². The number of nitrogens with one attached hydrogen (secondary N) is 1. The fraction of sp³-hybridized carbons (Fsp3) is 0.118. The number of nitrogens with zero attached hydrogens (tertiary/aromatic N) is 1. The van der Waals surface area contributed by atoms with Crippen LogP contribution in [0.25, 0.3) is 22.2 Å². The maximum atomic E-state index is 11.9. The summed E-state index contributed by atoms with van der Waals surface area (Å²) in [4.78, 5) is 27.6. The monoisotopic (exact) mass is 344 g/mol. The molecule has 0 fully saturated rings. The number of hydrogen-bond acceptors (Lipinski definition) is 5. The second kappa shape index (κ2) is 6.33. The highest BCUT2D eigenvalue weighted by Crippen LogP contribution is 2.34. The van der Waals surface area contributed by atoms with Crippen molar-refractivity contribution >= 4 is 39.9 Å². The summed E-state index contributed by atoms with van der Waals surface area (Å²) < 4.78 is 10.3. The number of ether oxygens (including phenoxy) is 1. The van der Waals surface area contributed by atoms with E-state index in [1.807, 2.05) is 24.3 Å². The first-order chi connectivity index (χ1) is 11.5. The Hall–Kier alpha value is -2.86. The number of esters is 1. The Morgan fingerprint density at radius 1 is 1.29 bits per heavy atom. The molecule has 2 aromatic heterocycles. The van der Waals surface area contributed by atoms with Crippen molar-refractivity contribution in [1.29, 1.82) is 0 Å². The smallest absolute Gasteiger partial charge is 0.358 e. The Bertz CT molecular complexity index is 949. The van der Waals surface area contributed by atoms with Gasteiger partial charge in [0.15, 0.2) is 11.5 Å². The molecule has 0 saturated carbocycles. The Kier molecular flexibility index (Phi) is 4.22. The van der Waals surface area contributed by atoms with Gasteiger partial charge in [0.2, 0.25) is 5.91 Å². The molecule has 0 aliphatic rings. The quantitative estimate of drug-likeness (QED) is 0.729. The summed E-state index contributed by atoms with van der Waals surface area (Å²) in [6, 6.07) is 9.09. The molecule has 1 amide bonds. The first-order valence-corrected chi connectivity index (χ1v) is 7.42. The number of methoxy groups -OCH3 is 1. The first kappa shape index (κ1) is 16.0. The summed E-state index contributed by atoms with van der Waals surface area (Å²) in [5, 5.41) is 4.32. The van der Waals surface area contributed by atoms with Gasteiger partial charge in [0, 0.05) is 17.7 Å². The van der Waals surface area contributed by atoms with Gasteiger partial charge in [-0.1, -0.05) is 35.9 Å². The van der Waals surface area contributed by atoms with Gasteiger partial charge >= 0.3 is 5.97 Å². The molecule has 0 bridgehead atoms. The van der Waals surface area contributed by atoms with Crippen molar-refractivity contribution in [3.8, 4) is 11.5 Å². The zero-order chi connectivity index (χ0) is 17.3. The molecule has 6 nitrogen and oxygen atoms in total. The van der Waals surface area contributed by atoms with Crippen LogP contribution >= 0.6 is 11.6 Å². The van der Waals surface area contributed by atoms with Gasteiger partial charge in [0.1, 0.15) is 5.69 Å². The number of carbonyl (C=O) groups excluding carboxylic acids is 2. The lowest BCUT2D eigenvalue weighted by Crippen LogP contribution is -2.11. The van der Waals surface area contributed by atoms with E-state index in [4.69, 9.17) is 20.8 Å². The van der Waals surface area contributed by atoms with Crippen molar-refractivity contribution in [3.63, 3.8) is 0 Å². The van der Waals surface area contributed by atoms with Crippen molar-refractivity contribution in [2.45, 2.75) is 6.92 Å². The van der Waals surface area contributed by atoms with Gasteiger partial charge in [-0.25, -0.2) is 9.78 Å². The molecule has 0 aliphatic carbocycles. The summed E-state index contributed by atoms with van der Waals surface area (Å²) in [6.07, 6.45) is 1.59. The highest BCUT2D eigenvalue weighted by molar-refractivity contribution is 6.36. The Labute approximate surface area is 142 Å². The van der Waals surface area contributed by atoms with Crippen molar-refractivity contribution in [3.05, 3.63) is 47.3 Å². The van der Waals surface area contributed by atoms with E-state index in [-0.39, 0.29) is 22.3 Å². The SMILES string of the molecule is COC(=O)c1nc(-c2occ3ccccc23)cc(NC(C)=O)c1Cl. The molecule has 0 aliphatic heterocycles. The molecular weight excluding hydrogens is 332 g/mol.